The minimum absolute atomic E-state index is 0.0424. The first-order valence-corrected chi connectivity index (χ1v) is 11.1. The molecule has 1 aromatic carbocycles. The maximum Gasteiger partial charge on any atom is 0.208 e. The highest BCUT2D eigenvalue weighted by atomic mass is 16.6. The number of likely N-dealkylation sites (tertiary alicyclic amines) is 1. The van der Waals surface area contributed by atoms with E-state index < -0.39 is 0 Å². The SMILES string of the molecule is CN=C(NCC1CCN(Cc2nc(C)c(C)o2)CC1)NCC1COc2ccccc2O1. The Bertz CT molecular complexity index is 870. The highest BCUT2D eigenvalue weighted by Gasteiger charge is 2.23. The van der Waals surface area contributed by atoms with Crippen LogP contribution in [-0.4, -0.2) is 61.8 Å². The fourth-order valence-corrected chi connectivity index (χ4v) is 3.98. The highest BCUT2D eigenvalue weighted by molar-refractivity contribution is 5.79. The number of hydrogen-bond donors (Lipinski definition) is 2. The van der Waals surface area contributed by atoms with E-state index in [0.717, 1.165) is 73.8 Å². The zero-order chi connectivity index (χ0) is 21.6. The van der Waals surface area contributed by atoms with E-state index >= 15 is 0 Å². The molecule has 0 bridgehead atoms. The lowest BCUT2D eigenvalue weighted by molar-refractivity contribution is 0.0935. The Morgan fingerprint density at radius 3 is 2.58 bits per heavy atom. The van der Waals surface area contributed by atoms with Crippen LogP contribution in [0.2, 0.25) is 0 Å². The molecule has 0 aliphatic carbocycles. The summed E-state index contributed by atoms with van der Waals surface area (Å²) in [6.07, 6.45) is 2.26. The first kappa shape index (κ1) is 21.5. The van der Waals surface area contributed by atoms with Crippen molar-refractivity contribution in [3.8, 4) is 11.5 Å². The third-order valence-electron chi connectivity index (χ3n) is 5.99. The van der Waals surface area contributed by atoms with Crippen LogP contribution in [0.25, 0.3) is 0 Å². The van der Waals surface area contributed by atoms with E-state index in [1.165, 1.54) is 0 Å². The molecule has 168 valence electrons. The number of guanidine groups is 1. The number of nitrogens with one attached hydrogen (secondary N) is 2. The van der Waals surface area contributed by atoms with Crippen LogP contribution in [0, 0.1) is 19.8 Å². The molecule has 0 spiro atoms. The van der Waals surface area contributed by atoms with Crippen LogP contribution in [0.5, 0.6) is 11.5 Å². The molecule has 1 atom stereocenters. The van der Waals surface area contributed by atoms with E-state index in [4.69, 9.17) is 13.9 Å². The second-order valence-electron chi connectivity index (χ2n) is 8.30. The average Bonchev–Trinajstić information content (AvgIpc) is 3.11. The molecule has 1 aromatic heterocycles. The van der Waals surface area contributed by atoms with Gasteiger partial charge in [-0.3, -0.25) is 9.89 Å². The summed E-state index contributed by atoms with van der Waals surface area (Å²) in [4.78, 5) is 11.3. The summed E-state index contributed by atoms with van der Waals surface area (Å²) in [5, 5.41) is 6.83. The Labute approximate surface area is 184 Å². The number of aliphatic imine (C=N–C) groups is 1. The molecule has 1 fully saturated rings. The number of hydrogen-bond acceptors (Lipinski definition) is 6. The molecule has 2 aromatic rings. The fraction of sp³-hybridized carbons (Fsp3) is 0.565. The predicted octanol–water partition coefficient (Wildman–Crippen LogP) is 2.51. The molecule has 8 heteroatoms. The van der Waals surface area contributed by atoms with Gasteiger partial charge in [0.05, 0.1) is 18.8 Å². The van der Waals surface area contributed by atoms with Gasteiger partial charge in [0.1, 0.15) is 18.5 Å². The molecule has 1 saturated heterocycles. The maximum atomic E-state index is 6.00. The number of fused-ring (bicyclic) bond motifs is 1. The van der Waals surface area contributed by atoms with E-state index in [-0.39, 0.29) is 6.10 Å². The summed E-state index contributed by atoms with van der Waals surface area (Å²) in [6.45, 7) is 8.96. The van der Waals surface area contributed by atoms with Gasteiger partial charge in [-0.1, -0.05) is 12.1 Å². The third-order valence-corrected chi connectivity index (χ3v) is 5.99. The normalized spacial score (nSPS) is 20.0. The summed E-state index contributed by atoms with van der Waals surface area (Å²) in [5.41, 5.74) is 0.988. The molecule has 8 nitrogen and oxygen atoms in total. The van der Waals surface area contributed by atoms with Crippen LogP contribution in [0.15, 0.2) is 33.7 Å². The lowest BCUT2D eigenvalue weighted by atomic mass is 9.97. The largest absolute Gasteiger partial charge is 0.486 e. The van der Waals surface area contributed by atoms with Crippen molar-refractivity contribution < 1.29 is 13.9 Å². The number of aromatic nitrogens is 1. The van der Waals surface area contributed by atoms with Crippen LogP contribution in [0.1, 0.15) is 30.2 Å². The van der Waals surface area contributed by atoms with Gasteiger partial charge in [-0.05, 0) is 57.8 Å². The Balaban J connectivity index is 1.15. The van der Waals surface area contributed by atoms with Crippen molar-refractivity contribution in [3.05, 3.63) is 41.6 Å². The summed E-state index contributed by atoms with van der Waals surface area (Å²) in [6, 6.07) is 7.77. The van der Waals surface area contributed by atoms with Crippen LogP contribution in [-0.2, 0) is 6.54 Å². The highest BCUT2D eigenvalue weighted by Crippen LogP contribution is 2.30. The lowest BCUT2D eigenvalue weighted by Crippen LogP contribution is -2.47. The first-order valence-electron chi connectivity index (χ1n) is 11.1. The summed E-state index contributed by atoms with van der Waals surface area (Å²) < 4.78 is 17.5. The van der Waals surface area contributed by atoms with E-state index in [1.807, 2.05) is 38.1 Å². The standard InChI is InChI=1S/C23H33N5O3/c1-16-17(2)30-22(27-16)14-28-10-8-18(9-11-28)12-25-23(24-3)26-13-19-15-29-20-6-4-5-7-21(20)31-19/h4-7,18-19H,8-15H2,1-3H3,(H2,24,25,26). The van der Waals surface area contributed by atoms with E-state index in [9.17, 15) is 0 Å². The number of oxazole rings is 1. The van der Waals surface area contributed by atoms with Crippen molar-refractivity contribution in [1.29, 1.82) is 0 Å². The number of ether oxygens (including phenoxy) is 2. The molecule has 0 amide bonds. The van der Waals surface area contributed by atoms with Gasteiger partial charge in [0.25, 0.3) is 0 Å². The van der Waals surface area contributed by atoms with Crippen molar-refractivity contribution in [2.75, 3.05) is 39.8 Å². The van der Waals surface area contributed by atoms with Crippen LogP contribution < -0.4 is 20.1 Å². The van der Waals surface area contributed by atoms with Crippen LogP contribution >= 0.6 is 0 Å². The molecule has 0 radical (unpaired) electrons. The smallest absolute Gasteiger partial charge is 0.208 e. The molecule has 2 aliphatic heterocycles. The number of para-hydroxylation sites is 2. The van der Waals surface area contributed by atoms with Crippen molar-refractivity contribution in [2.24, 2.45) is 10.9 Å². The number of rotatable bonds is 6. The molecule has 2 aliphatic rings. The topological polar surface area (TPSA) is 84.2 Å². The number of aryl methyl sites for hydroxylation is 2. The molecule has 4 rings (SSSR count). The van der Waals surface area contributed by atoms with E-state index in [2.05, 4.69) is 25.5 Å². The first-order chi connectivity index (χ1) is 15.1. The quantitative estimate of drug-likeness (QED) is 0.541. The minimum atomic E-state index is -0.0424. The van der Waals surface area contributed by atoms with Gasteiger partial charge >= 0.3 is 0 Å². The maximum absolute atomic E-state index is 6.00. The Morgan fingerprint density at radius 2 is 1.87 bits per heavy atom. The molecule has 2 N–H and O–H groups in total. The van der Waals surface area contributed by atoms with Gasteiger partial charge in [-0.2, -0.15) is 0 Å². The van der Waals surface area contributed by atoms with Crippen molar-refractivity contribution >= 4 is 5.96 Å². The third kappa shape index (κ3) is 5.70. The predicted molar refractivity (Wildman–Crippen MR) is 120 cm³/mol. The minimum Gasteiger partial charge on any atom is -0.486 e. The zero-order valence-corrected chi connectivity index (χ0v) is 18.7. The molecule has 3 heterocycles. The Kier molecular flexibility index (Phi) is 6.96. The van der Waals surface area contributed by atoms with Gasteiger partial charge in [0.2, 0.25) is 5.89 Å². The fourth-order valence-electron chi connectivity index (χ4n) is 3.98. The summed E-state index contributed by atoms with van der Waals surface area (Å²) >= 11 is 0. The van der Waals surface area contributed by atoms with Gasteiger partial charge < -0.3 is 24.5 Å². The van der Waals surface area contributed by atoms with Gasteiger partial charge in [0, 0.05) is 13.6 Å². The number of benzene rings is 1. The number of piperidine rings is 1. The molecular weight excluding hydrogens is 394 g/mol. The van der Waals surface area contributed by atoms with Crippen molar-refractivity contribution in [3.63, 3.8) is 0 Å². The van der Waals surface area contributed by atoms with Crippen molar-refractivity contribution in [1.82, 2.24) is 20.5 Å². The molecule has 0 saturated carbocycles. The summed E-state index contributed by atoms with van der Waals surface area (Å²) in [5.74, 6) is 4.78. The second kappa shape index (κ2) is 10.0. The monoisotopic (exact) mass is 427 g/mol. The van der Waals surface area contributed by atoms with E-state index in [0.29, 0.717) is 19.1 Å². The second-order valence-corrected chi connectivity index (χ2v) is 8.30. The van der Waals surface area contributed by atoms with Gasteiger partial charge in [0.15, 0.2) is 17.5 Å². The van der Waals surface area contributed by atoms with Crippen LogP contribution in [0.4, 0.5) is 0 Å². The lowest BCUT2D eigenvalue weighted by Gasteiger charge is -2.31. The van der Waals surface area contributed by atoms with Gasteiger partial charge in [-0.15, -0.1) is 0 Å². The average molecular weight is 428 g/mol. The molecular formula is C23H33N5O3. The van der Waals surface area contributed by atoms with Crippen molar-refractivity contribution in [2.45, 2.75) is 39.3 Å². The zero-order valence-electron chi connectivity index (χ0n) is 18.7. The molecule has 1 unspecified atom stereocenters. The number of nitrogens with zero attached hydrogens (tertiary/aromatic N) is 3. The Hall–Kier alpha value is -2.74. The molecule has 31 heavy (non-hydrogen) atoms. The summed E-state index contributed by atoms with van der Waals surface area (Å²) in [7, 11) is 1.80. The van der Waals surface area contributed by atoms with Crippen LogP contribution in [0.3, 0.4) is 0 Å². The van der Waals surface area contributed by atoms with E-state index in [1.54, 1.807) is 7.05 Å². The Morgan fingerprint density at radius 1 is 1.13 bits per heavy atom. The van der Waals surface area contributed by atoms with Gasteiger partial charge in [-0.25, -0.2) is 4.98 Å².